The number of phenols is 2. The highest BCUT2D eigenvalue weighted by Crippen LogP contribution is 2.36. The molecule has 38 heavy (non-hydrogen) atoms. The van der Waals surface area contributed by atoms with Crippen LogP contribution in [0.15, 0.2) is 93.3 Å². The molecule has 4 aromatic carbocycles. The first-order valence-corrected chi connectivity index (χ1v) is 11.4. The molecule has 0 saturated carbocycles. The van der Waals surface area contributed by atoms with Crippen LogP contribution in [0.4, 0.5) is 22.7 Å². The largest absolute Gasteiger partial charge is 0.505 e. The fourth-order valence-corrected chi connectivity index (χ4v) is 3.74. The average Bonchev–Trinajstić information content (AvgIpc) is 2.89. The lowest BCUT2D eigenvalue weighted by Crippen LogP contribution is -1.96. The smallest absolute Gasteiger partial charge is 0.339 e. The van der Waals surface area contributed by atoms with Crippen molar-refractivity contribution in [3.05, 3.63) is 94.0 Å². The van der Waals surface area contributed by atoms with Crippen LogP contribution in [0.25, 0.3) is 11.1 Å². The lowest BCUT2D eigenvalue weighted by Gasteiger charge is -2.05. The number of hydrogen-bond donors (Lipinski definition) is 4. The molecule has 0 unspecified atom stereocenters. The third-order valence-corrected chi connectivity index (χ3v) is 5.62. The van der Waals surface area contributed by atoms with E-state index < -0.39 is 23.4 Å². The molecule has 0 heterocycles. The van der Waals surface area contributed by atoms with Crippen molar-refractivity contribution < 1.29 is 30.0 Å². The first kappa shape index (κ1) is 26.3. The lowest BCUT2D eigenvalue weighted by atomic mass is 10.1. The van der Waals surface area contributed by atoms with Crippen LogP contribution in [0, 0.1) is 0 Å². The van der Waals surface area contributed by atoms with Gasteiger partial charge in [-0.25, -0.2) is 9.59 Å². The van der Waals surface area contributed by atoms with Crippen molar-refractivity contribution in [3.63, 3.8) is 0 Å². The van der Waals surface area contributed by atoms with E-state index in [0.717, 1.165) is 23.3 Å². The summed E-state index contributed by atoms with van der Waals surface area (Å²) in [6.07, 6.45) is 0. The van der Waals surface area contributed by atoms with E-state index in [-0.39, 0.29) is 32.5 Å². The van der Waals surface area contributed by atoms with Gasteiger partial charge in [-0.1, -0.05) is 47.5 Å². The molecule has 0 saturated heterocycles. The van der Waals surface area contributed by atoms with Gasteiger partial charge in [-0.2, -0.15) is 10.2 Å². The molecule has 0 atom stereocenters. The van der Waals surface area contributed by atoms with Gasteiger partial charge in [-0.05, 0) is 59.7 Å². The number of benzene rings is 4. The monoisotopic (exact) mass is 550 g/mol. The summed E-state index contributed by atoms with van der Waals surface area (Å²) in [7, 11) is 0. The topological polar surface area (TPSA) is 164 Å². The Bertz CT molecular complexity index is 1480. The number of aromatic carboxylic acids is 2. The maximum absolute atomic E-state index is 11.2. The molecule has 4 rings (SSSR count). The normalized spacial score (nSPS) is 11.3. The van der Waals surface area contributed by atoms with Crippen LogP contribution in [0.3, 0.4) is 0 Å². The molecule has 0 aliphatic heterocycles. The third kappa shape index (κ3) is 5.94. The zero-order chi connectivity index (χ0) is 27.4. The quantitative estimate of drug-likeness (QED) is 0.169. The Morgan fingerprint density at radius 2 is 0.895 bits per heavy atom. The first-order chi connectivity index (χ1) is 18.1. The standard InChI is InChI=1S/C26H16Cl2N4O6/c27-15-9-19(25(35)36)23(33)21(11-15)31-29-17-5-1-13(2-6-17)14-3-7-18(8-4-14)30-32-22-12-16(28)10-20(24(22)34)26(37)38/h1-12,33-34H,(H,35,36)(H,37,38). The Hall–Kier alpha value is -4.80. The zero-order valence-corrected chi connectivity index (χ0v) is 20.6. The molecule has 0 bridgehead atoms. The van der Waals surface area contributed by atoms with Crippen LogP contribution in [0.1, 0.15) is 20.7 Å². The Morgan fingerprint density at radius 3 is 1.21 bits per heavy atom. The molecule has 4 aromatic rings. The first-order valence-electron chi connectivity index (χ1n) is 10.7. The number of aromatic hydroxyl groups is 2. The van der Waals surface area contributed by atoms with Gasteiger partial charge in [0.05, 0.1) is 11.4 Å². The molecule has 0 aromatic heterocycles. The number of rotatable bonds is 7. The van der Waals surface area contributed by atoms with Gasteiger partial charge >= 0.3 is 11.9 Å². The highest BCUT2D eigenvalue weighted by molar-refractivity contribution is 6.31. The Balaban J connectivity index is 1.49. The van der Waals surface area contributed by atoms with Crippen LogP contribution in [0.5, 0.6) is 11.5 Å². The lowest BCUT2D eigenvalue weighted by molar-refractivity contribution is 0.0682. The van der Waals surface area contributed by atoms with Crippen molar-refractivity contribution in [3.8, 4) is 22.6 Å². The van der Waals surface area contributed by atoms with E-state index in [0.29, 0.717) is 11.4 Å². The summed E-state index contributed by atoms with van der Waals surface area (Å²) >= 11 is 11.8. The van der Waals surface area contributed by atoms with Crippen molar-refractivity contribution >= 4 is 57.9 Å². The molecule has 0 aliphatic carbocycles. The van der Waals surface area contributed by atoms with E-state index in [2.05, 4.69) is 20.5 Å². The van der Waals surface area contributed by atoms with Crippen molar-refractivity contribution in [2.24, 2.45) is 20.5 Å². The number of carboxylic acid groups (broad SMARTS) is 2. The Kier molecular flexibility index (Phi) is 7.66. The molecule has 10 nitrogen and oxygen atoms in total. The molecule has 0 radical (unpaired) electrons. The van der Waals surface area contributed by atoms with Crippen LogP contribution >= 0.6 is 23.2 Å². The summed E-state index contributed by atoms with van der Waals surface area (Å²) in [6.45, 7) is 0. The van der Waals surface area contributed by atoms with Gasteiger partial charge < -0.3 is 20.4 Å². The van der Waals surface area contributed by atoms with E-state index in [1.807, 2.05) is 0 Å². The van der Waals surface area contributed by atoms with Crippen LogP contribution in [-0.4, -0.2) is 32.4 Å². The van der Waals surface area contributed by atoms with Crippen molar-refractivity contribution in [2.75, 3.05) is 0 Å². The summed E-state index contributed by atoms with van der Waals surface area (Å²) < 4.78 is 0. The zero-order valence-electron chi connectivity index (χ0n) is 19.1. The molecule has 12 heteroatoms. The number of azo groups is 2. The minimum atomic E-state index is -1.34. The van der Waals surface area contributed by atoms with Crippen LogP contribution in [0.2, 0.25) is 10.0 Å². The van der Waals surface area contributed by atoms with E-state index in [9.17, 15) is 19.8 Å². The number of halogens is 2. The Labute approximate surface area is 224 Å². The molecule has 0 spiro atoms. The van der Waals surface area contributed by atoms with E-state index in [1.54, 1.807) is 48.5 Å². The maximum Gasteiger partial charge on any atom is 0.339 e. The molecule has 0 aliphatic rings. The summed E-state index contributed by atoms with van der Waals surface area (Å²) in [5.41, 5.74) is 1.71. The van der Waals surface area contributed by atoms with Gasteiger partial charge in [0.25, 0.3) is 0 Å². The SMILES string of the molecule is O=C(O)c1cc(Cl)cc(N=Nc2ccc(-c3ccc(N=Nc4cc(Cl)cc(C(=O)O)c4O)cc3)cc2)c1O. The number of carbonyl (C=O) groups is 2. The van der Waals surface area contributed by atoms with Gasteiger partial charge in [-0.15, -0.1) is 10.2 Å². The number of hydrogen-bond acceptors (Lipinski definition) is 8. The highest BCUT2D eigenvalue weighted by atomic mass is 35.5. The summed E-state index contributed by atoms with van der Waals surface area (Å²) in [5, 5.41) is 54.6. The summed E-state index contributed by atoms with van der Waals surface area (Å²) in [5.74, 6) is -3.75. The van der Waals surface area contributed by atoms with Gasteiger partial charge in [-0.3, -0.25) is 0 Å². The minimum Gasteiger partial charge on any atom is -0.505 e. The molecule has 0 amide bonds. The predicted molar refractivity (Wildman–Crippen MR) is 140 cm³/mol. The van der Waals surface area contributed by atoms with Gasteiger partial charge in [0, 0.05) is 10.0 Å². The van der Waals surface area contributed by atoms with Crippen LogP contribution < -0.4 is 0 Å². The highest BCUT2D eigenvalue weighted by Gasteiger charge is 2.16. The Morgan fingerprint density at radius 1 is 0.553 bits per heavy atom. The second kappa shape index (κ2) is 11.1. The third-order valence-electron chi connectivity index (χ3n) is 5.18. The van der Waals surface area contributed by atoms with E-state index in [1.165, 1.54) is 12.1 Å². The van der Waals surface area contributed by atoms with Crippen molar-refractivity contribution in [2.45, 2.75) is 0 Å². The predicted octanol–water partition coefficient (Wildman–Crippen LogP) is 8.30. The van der Waals surface area contributed by atoms with Gasteiger partial charge in [0.2, 0.25) is 0 Å². The molecular weight excluding hydrogens is 535 g/mol. The average molecular weight is 551 g/mol. The number of carboxylic acids is 2. The molecule has 4 N–H and O–H groups in total. The van der Waals surface area contributed by atoms with Crippen molar-refractivity contribution in [1.82, 2.24) is 0 Å². The van der Waals surface area contributed by atoms with Crippen LogP contribution in [-0.2, 0) is 0 Å². The van der Waals surface area contributed by atoms with Crippen molar-refractivity contribution in [1.29, 1.82) is 0 Å². The summed E-state index contributed by atoms with van der Waals surface area (Å²) in [4.78, 5) is 22.4. The second-order valence-electron chi connectivity index (χ2n) is 7.75. The number of nitrogens with zero attached hydrogens (tertiary/aromatic N) is 4. The molecule has 0 fully saturated rings. The van der Waals surface area contributed by atoms with Gasteiger partial charge in [0.15, 0.2) is 11.5 Å². The van der Waals surface area contributed by atoms with Gasteiger partial charge in [0.1, 0.15) is 22.5 Å². The molecular formula is C26H16Cl2N4O6. The maximum atomic E-state index is 11.2. The van der Waals surface area contributed by atoms with E-state index >= 15 is 0 Å². The molecule has 190 valence electrons. The minimum absolute atomic E-state index is 0.0750. The second-order valence-corrected chi connectivity index (χ2v) is 8.62. The summed E-state index contributed by atoms with van der Waals surface area (Å²) in [6, 6.07) is 18.8. The fraction of sp³-hybridized carbons (Fsp3) is 0. The van der Waals surface area contributed by atoms with E-state index in [4.69, 9.17) is 33.4 Å². The fourth-order valence-electron chi connectivity index (χ4n) is 3.31.